The Balaban J connectivity index is 2.16. The standard InChI is InChI=1S/C28H37N3O7S/c1-7-37-26(32)24-22(29-30-39(35,36)21-15-9-18(3)10-16-21)17-28(4,34)25(27(33)38-8-2)23(24)19-11-13-20(14-12-19)31(5)6/h9-16,23-25,30,34H,7-8,17H2,1-6H3/b29-22-/t23-,24-,25+,28-/m0/s1. The van der Waals surface area contributed by atoms with E-state index < -0.39 is 45.3 Å². The van der Waals surface area contributed by atoms with Crippen molar-refractivity contribution in [2.24, 2.45) is 16.9 Å². The van der Waals surface area contributed by atoms with Crippen LogP contribution < -0.4 is 9.73 Å². The summed E-state index contributed by atoms with van der Waals surface area (Å²) in [6.45, 7) is 6.75. The van der Waals surface area contributed by atoms with Gasteiger partial charge in [-0.15, -0.1) is 0 Å². The number of rotatable bonds is 9. The molecule has 1 aliphatic rings. The second kappa shape index (κ2) is 12.2. The molecular weight excluding hydrogens is 522 g/mol. The van der Waals surface area contributed by atoms with Crippen LogP contribution in [0.4, 0.5) is 5.69 Å². The minimum absolute atomic E-state index is 0.00655. The summed E-state index contributed by atoms with van der Waals surface area (Å²) in [6, 6.07) is 13.4. The Morgan fingerprint density at radius 1 is 1.03 bits per heavy atom. The lowest BCUT2D eigenvalue weighted by molar-refractivity contribution is -0.163. The van der Waals surface area contributed by atoms with E-state index >= 15 is 0 Å². The third kappa shape index (κ3) is 6.77. The zero-order valence-electron chi connectivity index (χ0n) is 23.2. The first-order chi connectivity index (χ1) is 18.3. The SMILES string of the molecule is CCOC(=O)[C@H]1/C(=N\NS(=O)(=O)c2ccc(C)cc2)C[C@](C)(O)[C@@H](C(=O)OCC)[C@H]1c1ccc(N(C)C)cc1. The van der Waals surface area contributed by atoms with Gasteiger partial charge >= 0.3 is 11.9 Å². The Kier molecular flexibility index (Phi) is 9.39. The van der Waals surface area contributed by atoms with Crippen LogP contribution in [-0.2, 0) is 29.1 Å². The van der Waals surface area contributed by atoms with Crippen molar-refractivity contribution in [1.82, 2.24) is 4.83 Å². The molecule has 0 saturated heterocycles. The Hall–Kier alpha value is -3.44. The Morgan fingerprint density at radius 2 is 1.59 bits per heavy atom. The van der Waals surface area contributed by atoms with Gasteiger partial charge < -0.3 is 19.5 Å². The van der Waals surface area contributed by atoms with Crippen molar-refractivity contribution < 1.29 is 32.6 Å². The molecule has 1 saturated carbocycles. The second-order valence-corrected chi connectivity index (χ2v) is 11.7. The zero-order valence-corrected chi connectivity index (χ0v) is 24.0. The summed E-state index contributed by atoms with van der Waals surface area (Å²) in [5.41, 5.74) is 0.691. The third-order valence-corrected chi connectivity index (χ3v) is 8.03. The van der Waals surface area contributed by atoms with Gasteiger partial charge in [-0.3, -0.25) is 9.59 Å². The predicted octanol–water partition coefficient (Wildman–Crippen LogP) is 2.99. The molecule has 0 bridgehead atoms. The summed E-state index contributed by atoms with van der Waals surface area (Å²) in [6.07, 6.45) is -0.261. The molecule has 4 atom stereocenters. The molecule has 0 radical (unpaired) electrons. The van der Waals surface area contributed by atoms with Crippen LogP contribution >= 0.6 is 0 Å². The smallest absolute Gasteiger partial charge is 0.315 e. The van der Waals surface area contributed by atoms with Crippen LogP contribution in [-0.4, -0.2) is 64.1 Å². The van der Waals surface area contributed by atoms with Gasteiger partial charge in [0.25, 0.3) is 10.0 Å². The van der Waals surface area contributed by atoms with Crippen LogP contribution in [0.25, 0.3) is 0 Å². The van der Waals surface area contributed by atoms with Gasteiger partial charge in [0.1, 0.15) is 5.92 Å². The molecule has 2 aromatic carbocycles. The fraction of sp³-hybridized carbons (Fsp3) is 0.464. The highest BCUT2D eigenvalue weighted by atomic mass is 32.2. The molecule has 0 spiro atoms. The van der Waals surface area contributed by atoms with Crippen molar-refractivity contribution >= 4 is 33.4 Å². The molecule has 0 heterocycles. The Bertz CT molecular complexity index is 1300. The van der Waals surface area contributed by atoms with Gasteiger partial charge in [0.05, 0.1) is 35.3 Å². The van der Waals surface area contributed by atoms with Gasteiger partial charge in [-0.2, -0.15) is 13.5 Å². The summed E-state index contributed by atoms with van der Waals surface area (Å²) in [5.74, 6) is -4.60. The number of carbonyl (C=O) groups is 2. The van der Waals surface area contributed by atoms with E-state index in [1.54, 1.807) is 38.1 Å². The van der Waals surface area contributed by atoms with Gasteiger partial charge in [0, 0.05) is 32.1 Å². The van der Waals surface area contributed by atoms with E-state index in [9.17, 15) is 23.1 Å². The van der Waals surface area contributed by atoms with Gasteiger partial charge in [0.15, 0.2) is 0 Å². The fourth-order valence-electron chi connectivity index (χ4n) is 4.90. The number of ether oxygens (including phenoxy) is 2. The largest absolute Gasteiger partial charge is 0.466 e. The molecule has 2 aromatic rings. The molecular formula is C28H37N3O7S. The lowest BCUT2D eigenvalue weighted by Gasteiger charge is -2.45. The molecule has 2 N–H and O–H groups in total. The minimum Gasteiger partial charge on any atom is -0.466 e. The number of nitrogens with one attached hydrogen (secondary N) is 1. The van der Waals surface area contributed by atoms with Gasteiger partial charge in [-0.1, -0.05) is 29.8 Å². The molecule has 1 fully saturated rings. The minimum atomic E-state index is -4.08. The average molecular weight is 560 g/mol. The zero-order chi connectivity index (χ0) is 29.0. The summed E-state index contributed by atoms with van der Waals surface area (Å²) in [7, 11) is -0.313. The number of carbonyl (C=O) groups excluding carboxylic acids is 2. The van der Waals surface area contributed by atoms with E-state index in [0.29, 0.717) is 5.56 Å². The van der Waals surface area contributed by atoms with Crippen LogP contribution in [0, 0.1) is 18.8 Å². The quantitative estimate of drug-likeness (QED) is 0.354. The van der Waals surface area contributed by atoms with Gasteiger partial charge in [0.2, 0.25) is 0 Å². The number of sulfonamides is 1. The number of hydrogen-bond donors (Lipinski definition) is 2. The van der Waals surface area contributed by atoms with Crippen LogP contribution in [0.3, 0.4) is 0 Å². The molecule has 1 aliphatic carbocycles. The first-order valence-electron chi connectivity index (χ1n) is 12.8. The average Bonchev–Trinajstić information content (AvgIpc) is 2.87. The van der Waals surface area contributed by atoms with Gasteiger partial charge in [-0.25, -0.2) is 4.83 Å². The lowest BCUT2D eigenvalue weighted by Crippen LogP contribution is -2.55. The molecule has 10 nitrogen and oxygen atoms in total. The molecule has 3 rings (SSSR count). The van der Waals surface area contributed by atoms with Crippen molar-refractivity contribution in [1.29, 1.82) is 0 Å². The highest BCUT2D eigenvalue weighted by Gasteiger charge is 2.56. The molecule has 0 aliphatic heterocycles. The molecule has 0 unspecified atom stereocenters. The summed E-state index contributed by atoms with van der Waals surface area (Å²) in [5, 5.41) is 15.7. The number of aliphatic hydroxyl groups is 1. The third-order valence-electron chi connectivity index (χ3n) is 6.80. The lowest BCUT2D eigenvalue weighted by atomic mass is 9.61. The van der Waals surface area contributed by atoms with Crippen LogP contribution in [0.2, 0.25) is 0 Å². The van der Waals surface area contributed by atoms with Crippen molar-refractivity contribution in [3.8, 4) is 0 Å². The Morgan fingerprint density at radius 3 is 2.13 bits per heavy atom. The number of hydrogen-bond acceptors (Lipinski definition) is 9. The molecule has 212 valence electrons. The number of benzene rings is 2. The topological polar surface area (TPSA) is 135 Å². The van der Waals surface area contributed by atoms with E-state index in [4.69, 9.17) is 9.47 Å². The number of anilines is 1. The van der Waals surface area contributed by atoms with Crippen molar-refractivity contribution in [3.05, 3.63) is 59.7 Å². The van der Waals surface area contributed by atoms with E-state index in [0.717, 1.165) is 11.3 Å². The van der Waals surface area contributed by atoms with Crippen LogP contribution in [0.5, 0.6) is 0 Å². The molecule has 0 amide bonds. The first kappa shape index (κ1) is 30.1. The maximum Gasteiger partial charge on any atom is 0.315 e. The number of aryl methyl sites for hydroxylation is 1. The van der Waals surface area contributed by atoms with Crippen LogP contribution in [0.15, 0.2) is 58.5 Å². The highest BCUT2D eigenvalue weighted by Crippen LogP contribution is 2.47. The normalized spacial score (nSPS) is 24.2. The predicted molar refractivity (Wildman–Crippen MR) is 148 cm³/mol. The van der Waals surface area contributed by atoms with E-state index in [1.807, 2.05) is 38.1 Å². The van der Waals surface area contributed by atoms with Crippen LogP contribution in [0.1, 0.15) is 44.2 Å². The van der Waals surface area contributed by atoms with E-state index in [-0.39, 0.29) is 30.2 Å². The molecule has 11 heteroatoms. The van der Waals surface area contributed by atoms with Crippen molar-refractivity contribution in [2.45, 2.75) is 50.5 Å². The monoisotopic (exact) mass is 559 g/mol. The highest BCUT2D eigenvalue weighted by molar-refractivity contribution is 7.89. The summed E-state index contributed by atoms with van der Waals surface area (Å²) in [4.78, 5) is 30.8. The van der Waals surface area contributed by atoms with E-state index in [2.05, 4.69) is 9.93 Å². The molecule has 39 heavy (non-hydrogen) atoms. The van der Waals surface area contributed by atoms with Crippen molar-refractivity contribution in [3.63, 3.8) is 0 Å². The second-order valence-electron chi connectivity index (χ2n) is 10.0. The maximum absolute atomic E-state index is 13.4. The first-order valence-corrected chi connectivity index (χ1v) is 14.3. The summed E-state index contributed by atoms with van der Waals surface area (Å²) >= 11 is 0. The molecule has 0 aromatic heterocycles. The number of hydrazone groups is 1. The Labute approximate surface area is 230 Å². The fourth-order valence-corrected chi connectivity index (χ4v) is 5.74. The van der Waals surface area contributed by atoms with Crippen molar-refractivity contribution in [2.75, 3.05) is 32.2 Å². The number of esters is 2. The van der Waals surface area contributed by atoms with Gasteiger partial charge in [-0.05, 0) is 57.5 Å². The number of nitrogens with zero attached hydrogens (tertiary/aromatic N) is 2. The maximum atomic E-state index is 13.4. The van der Waals surface area contributed by atoms with E-state index in [1.165, 1.54) is 19.1 Å². The summed E-state index contributed by atoms with van der Waals surface area (Å²) < 4.78 is 36.7.